The van der Waals surface area contributed by atoms with Gasteiger partial charge in [-0.3, -0.25) is 4.90 Å². The zero-order valence-corrected chi connectivity index (χ0v) is 13.0. The maximum atomic E-state index is 14.5. The summed E-state index contributed by atoms with van der Waals surface area (Å²) < 4.78 is 28.7. The van der Waals surface area contributed by atoms with E-state index in [2.05, 4.69) is 0 Å². The van der Waals surface area contributed by atoms with Gasteiger partial charge in [-0.15, -0.1) is 0 Å². The highest BCUT2D eigenvalue weighted by molar-refractivity contribution is 5.67. The SMILES string of the molecule is CC(CN)c1cc(F)c(N2CC3CCC(C2)N3C(=O)O)cc1F. The van der Waals surface area contributed by atoms with E-state index in [1.54, 1.807) is 11.8 Å². The molecule has 1 aromatic carbocycles. The van der Waals surface area contributed by atoms with Crippen molar-refractivity contribution in [1.82, 2.24) is 4.90 Å². The summed E-state index contributed by atoms with van der Waals surface area (Å²) in [6.07, 6.45) is 0.593. The summed E-state index contributed by atoms with van der Waals surface area (Å²) in [4.78, 5) is 14.5. The van der Waals surface area contributed by atoms with Gasteiger partial charge in [0.25, 0.3) is 0 Å². The van der Waals surface area contributed by atoms with Crippen molar-refractivity contribution in [2.24, 2.45) is 5.73 Å². The number of amides is 1. The molecule has 1 aromatic rings. The molecule has 3 atom stereocenters. The lowest BCUT2D eigenvalue weighted by atomic mass is 9.99. The van der Waals surface area contributed by atoms with Gasteiger partial charge < -0.3 is 15.7 Å². The predicted octanol–water partition coefficient (Wildman–Crippen LogP) is 2.36. The van der Waals surface area contributed by atoms with E-state index in [1.807, 2.05) is 0 Å². The first kappa shape index (κ1) is 16.0. The third kappa shape index (κ3) is 2.73. The van der Waals surface area contributed by atoms with Crippen molar-refractivity contribution < 1.29 is 18.7 Å². The van der Waals surface area contributed by atoms with Crippen LogP contribution >= 0.6 is 0 Å². The molecule has 2 aliphatic rings. The first-order valence-corrected chi connectivity index (χ1v) is 7.87. The average Bonchev–Trinajstić information content (AvgIpc) is 2.79. The quantitative estimate of drug-likeness (QED) is 0.895. The summed E-state index contributed by atoms with van der Waals surface area (Å²) in [5.41, 5.74) is 6.02. The van der Waals surface area contributed by atoms with Crippen LogP contribution in [0.5, 0.6) is 0 Å². The van der Waals surface area contributed by atoms with Crippen LogP contribution in [-0.4, -0.2) is 47.8 Å². The van der Waals surface area contributed by atoms with Crippen LogP contribution in [0.25, 0.3) is 0 Å². The maximum Gasteiger partial charge on any atom is 0.407 e. The second-order valence-electron chi connectivity index (χ2n) is 6.44. The summed E-state index contributed by atoms with van der Waals surface area (Å²) in [5, 5.41) is 9.26. The lowest BCUT2D eigenvalue weighted by Crippen LogP contribution is -2.55. The Morgan fingerprint density at radius 2 is 1.91 bits per heavy atom. The molecule has 3 N–H and O–H groups in total. The first-order chi connectivity index (χ1) is 10.9. The number of piperazine rings is 1. The molecule has 3 rings (SSSR count). The lowest BCUT2D eigenvalue weighted by molar-refractivity contribution is 0.114. The van der Waals surface area contributed by atoms with Crippen molar-refractivity contribution in [3.63, 3.8) is 0 Å². The second-order valence-corrected chi connectivity index (χ2v) is 6.44. The second kappa shape index (κ2) is 5.96. The number of nitrogens with two attached hydrogens (primary N) is 1. The summed E-state index contributed by atoms with van der Waals surface area (Å²) in [5.74, 6) is -1.20. The summed E-state index contributed by atoms with van der Waals surface area (Å²) in [6, 6.07) is 2.12. The molecule has 0 spiro atoms. The van der Waals surface area contributed by atoms with E-state index < -0.39 is 17.7 Å². The Balaban J connectivity index is 1.86. The highest BCUT2D eigenvalue weighted by Crippen LogP contribution is 2.35. The standard InChI is InChI=1S/C16H21F2N3O2/c1-9(6-19)12-4-14(18)15(5-13(12)17)20-7-10-2-3-11(8-20)21(10)16(22)23/h4-5,9-11H,2-3,6-8,19H2,1H3,(H,22,23). The molecule has 1 amide bonds. The molecule has 126 valence electrons. The Kier molecular flexibility index (Phi) is 4.14. The van der Waals surface area contributed by atoms with Crippen molar-refractivity contribution in [3.05, 3.63) is 29.3 Å². The number of fused-ring (bicyclic) bond motifs is 2. The number of hydrogen-bond acceptors (Lipinski definition) is 3. The number of carbonyl (C=O) groups is 1. The number of anilines is 1. The monoisotopic (exact) mass is 325 g/mol. The molecule has 23 heavy (non-hydrogen) atoms. The van der Waals surface area contributed by atoms with E-state index in [4.69, 9.17) is 5.73 Å². The highest BCUT2D eigenvalue weighted by atomic mass is 19.1. The fourth-order valence-electron chi connectivity index (χ4n) is 3.71. The first-order valence-electron chi connectivity index (χ1n) is 7.87. The van der Waals surface area contributed by atoms with Gasteiger partial charge in [0.2, 0.25) is 0 Å². The number of carboxylic acid groups (broad SMARTS) is 1. The van der Waals surface area contributed by atoms with Crippen LogP contribution in [0, 0.1) is 11.6 Å². The van der Waals surface area contributed by atoms with E-state index in [-0.39, 0.29) is 35.8 Å². The van der Waals surface area contributed by atoms with Crippen molar-refractivity contribution in [1.29, 1.82) is 0 Å². The van der Waals surface area contributed by atoms with Crippen molar-refractivity contribution in [2.75, 3.05) is 24.5 Å². The third-order valence-corrected chi connectivity index (χ3v) is 4.99. The topological polar surface area (TPSA) is 69.8 Å². The van der Waals surface area contributed by atoms with Gasteiger partial charge in [0.05, 0.1) is 17.8 Å². The Morgan fingerprint density at radius 3 is 2.43 bits per heavy atom. The molecule has 0 radical (unpaired) electrons. The third-order valence-electron chi connectivity index (χ3n) is 4.99. The van der Waals surface area contributed by atoms with E-state index in [1.165, 1.54) is 17.0 Å². The van der Waals surface area contributed by atoms with Crippen molar-refractivity contribution >= 4 is 11.8 Å². The minimum Gasteiger partial charge on any atom is -0.465 e. The van der Waals surface area contributed by atoms with Crippen molar-refractivity contribution in [3.8, 4) is 0 Å². The number of rotatable bonds is 3. The van der Waals surface area contributed by atoms with Crippen LogP contribution in [0.15, 0.2) is 12.1 Å². The molecular weight excluding hydrogens is 304 g/mol. The zero-order chi connectivity index (χ0) is 16.7. The smallest absolute Gasteiger partial charge is 0.407 e. The van der Waals surface area contributed by atoms with Crippen LogP contribution in [0.4, 0.5) is 19.3 Å². The van der Waals surface area contributed by atoms with Gasteiger partial charge in [-0.1, -0.05) is 6.92 Å². The van der Waals surface area contributed by atoms with Crippen LogP contribution in [0.3, 0.4) is 0 Å². The van der Waals surface area contributed by atoms with Gasteiger partial charge in [0, 0.05) is 19.2 Å². The van der Waals surface area contributed by atoms with Crippen LogP contribution in [-0.2, 0) is 0 Å². The Morgan fingerprint density at radius 1 is 1.30 bits per heavy atom. The Hall–Kier alpha value is -1.89. The maximum absolute atomic E-state index is 14.5. The van der Waals surface area contributed by atoms with E-state index in [9.17, 15) is 18.7 Å². The van der Waals surface area contributed by atoms with Crippen LogP contribution < -0.4 is 10.6 Å². The number of halogens is 2. The van der Waals surface area contributed by atoms with Gasteiger partial charge in [-0.25, -0.2) is 13.6 Å². The van der Waals surface area contributed by atoms with Crippen LogP contribution in [0.2, 0.25) is 0 Å². The molecule has 2 saturated heterocycles. The average molecular weight is 325 g/mol. The molecule has 2 heterocycles. The van der Waals surface area contributed by atoms with Gasteiger partial charge in [-0.2, -0.15) is 0 Å². The molecule has 3 unspecified atom stereocenters. The summed E-state index contributed by atoms with van der Waals surface area (Å²) >= 11 is 0. The van der Waals surface area contributed by atoms with Gasteiger partial charge >= 0.3 is 6.09 Å². The van der Waals surface area contributed by atoms with Crippen LogP contribution in [0.1, 0.15) is 31.2 Å². The fourth-order valence-corrected chi connectivity index (χ4v) is 3.71. The minimum atomic E-state index is -0.934. The molecule has 0 aliphatic carbocycles. The van der Waals surface area contributed by atoms with E-state index >= 15 is 0 Å². The molecule has 2 aliphatic heterocycles. The fraction of sp³-hybridized carbons (Fsp3) is 0.562. The highest BCUT2D eigenvalue weighted by Gasteiger charge is 2.43. The lowest BCUT2D eigenvalue weighted by Gasteiger charge is -2.40. The number of benzene rings is 1. The summed E-state index contributed by atoms with van der Waals surface area (Å²) in [7, 11) is 0. The number of nitrogens with zero attached hydrogens (tertiary/aromatic N) is 2. The molecule has 0 saturated carbocycles. The van der Waals surface area contributed by atoms with E-state index in [0.29, 0.717) is 13.1 Å². The minimum absolute atomic E-state index is 0.156. The molecule has 7 heteroatoms. The normalized spacial score (nSPS) is 24.9. The van der Waals surface area contributed by atoms with Crippen molar-refractivity contribution in [2.45, 2.75) is 37.8 Å². The van der Waals surface area contributed by atoms with E-state index in [0.717, 1.165) is 12.8 Å². The largest absolute Gasteiger partial charge is 0.465 e. The van der Waals surface area contributed by atoms with Gasteiger partial charge in [0.1, 0.15) is 11.6 Å². The zero-order valence-electron chi connectivity index (χ0n) is 13.0. The Labute approximate surface area is 133 Å². The molecule has 2 bridgehead atoms. The molecular formula is C16H21F2N3O2. The molecule has 0 aromatic heterocycles. The van der Waals surface area contributed by atoms with Gasteiger partial charge in [-0.05, 0) is 36.9 Å². The predicted molar refractivity (Wildman–Crippen MR) is 82.7 cm³/mol. The summed E-state index contributed by atoms with van der Waals surface area (Å²) in [6.45, 7) is 2.79. The molecule has 5 nitrogen and oxygen atoms in total. The van der Waals surface area contributed by atoms with Gasteiger partial charge in [0.15, 0.2) is 0 Å². The molecule has 2 fully saturated rings. The Bertz CT molecular complexity index is 612. The number of hydrogen-bond donors (Lipinski definition) is 2.